The predicted octanol–water partition coefficient (Wildman–Crippen LogP) is 1.66. The van der Waals surface area contributed by atoms with Crippen molar-refractivity contribution in [1.29, 1.82) is 0 Å². The second-order valence-corrected chi connectivity index (χ2v) is 4.32. The van der Waals surface area contributed by atoms with Gasteiger partial charge in [0.15, 0.2) is 5.69 Å². The van der Waals surface area contributed by atoms with Gasteiger partial charge in [-0.15, -0.1) is 5.10 Å². The fraction of sp³-hybridized carbons (Fsp3) is 0.143. The van der Waals surface area contributed by atoms with Crippen molar-refractivity contribution in [3.63, 3.8) is 0 Å². The molecule has 0 aliphatic heterocycles. The summed E-state index contributed by atoms with van der Waals surface area (Å²) in [6, 6.07) is 9.89. The van der Waals surface area contributed by atoms with E-state index in [2.05, 4.69) is 20.0 Å². The number of nitrogens with zero attached hydrogens (tertiary/aromatic N) is 4. The zero-order valence-corrected chi connectivity index (χ0v) is 10.9. The molecule has 3 rings (SSSR count). The molecule has 100 valence electrons. The SMILES string of the molecule is COC(=O)c1cn(Cc2ccc3ncccc3c2)nn1. The number of ether oxygens (including phenoxy) is 1. The molecule has 0 aliphatic rings. The van der Waals surface area contributed by atoms with E-state index in [-0.39, 0.29) is 5.69 Å². The van der Waals surface area contributed by atoms with Gasteiger partial charge in [-0.3, -0.25) is 4.98 Å². The zero-order chi connectivity index (χ0) is 13.9. The summed E-state index contributed by atoms with van der Waals surface area (Å²) < 4.78 is 6.20. The maximum absolute atomic E-state index is 11.3. The maximum Gasteiger partial charge on any atom is 0.360 e. The van der Waals surface area contributed by atoms with Gasteiger partial charge in [-0.05, 0) is 23.8 Å². The molecule has 0 fully saturated rings. The minimum Gasteiger partial charge on any atom is -0.464 e. The fourth-order valence-corrected chi connectivity index (χ4v) is 1.98. The third-order valence-electron chi connectivity index (χ3n) is 2.95. The topological polar surface area (TPSA) is 69.9 Å². The predicted molar refractivity (Wildman–Crippen MR) is 72.2 cm³/mol. The second-order valence-electron chi connectivity index (χ2n) is 4.32. The maximum atomic E-state index is 11.3. The Morgan fingerprint density at radius 3 is 3.10 bits per heavy atom. The van der Waals surface area contributed by atoms with Gasteiger partial charge in [-0.25, -0.2) is 9.48 Å². The Morgan fingerprint density at radius 2 is 2.25 bits per heavy atom. The third kappa shape index (κ3) is 2.35. The Kier molecular flexibility index (Phi) is 3.12. The summed E-state index contributed by atoms with van der Waals surface area (Å²) in [6.07, 6.45) is 3.33. The minimum atomic E-state index is -0.487. The molecule has 0 saturated heterocycles. The largest absolute Gasteiger partial charge is 0.464 e. The van der Waals surface area contributed by atoms with Crippen molar-refractivity contribution in [3.05, 3.63) is 54.0 Å². The molecule has 0 N–H and O–H groups in total. The van der Waals surface area contributed by atoms with Crippen molar-refractivity contribution < 1.29 is 9.53 Å². The summed E-state index contributed by atoms with van der Waals surface area (Å²) in [6.45, 7) is 0.537. The van der Waals surface area contributed by atoms with Gasteiger partial charge < -0.3 is 4.74 Å². The Morgan fingerprint density at radius 1 is 1.35 bits per heavy atom. The Balaban J connectivity index is 1.85. The molecule has 0 atom stereocenters. The summed E-state index contributed by atoms with van der Waals surface area (Å²) in [7, 11) is 1.32. The molecule has 2 aromatic heterocycles. The van der Waals surface area contributed by atoms with Crippen LogP contribution in [0.3, 0.4) is 0 Å². The number of esters is 1. The summed E-state index contributed by atoms with van der Waals surface area (Å²) in [5.41, 5.74) is 2.21. The van der Waals surface area contributed by atoms with E-state index in [0.29, 0.717) is 6.54 Å². The number of rotatable bonds is 3. The summed E-state index contributed by atoms with van der Waals surface area (Å²) in [4.78, 5) is 15.6. The van der Waals surface area contributed by atoms with Crippen LogP contribution in [0.5, 0.6) is 0 Å². The average Bonchev–Trinajstić information content (AvgIpc) is 2.95. The van der Waals surface area contributed by atoms with Crippen LogP contribution in [-0.2, 0) is 11.3 Å². The Bertz CT molecular complexity index is 766. The van der Waals surface area contributed by atoms with E-state index >= 15 is 0 Å². The zero-order valence-electron chi connectivity index (χ0n) is 10.9. The van der Waals surface area contributed by atoms with Crippen molar-refractivity contribution in [2.45, 2.75) is 6.54 Å². The number of carbonyl (C=O) groups excluding carboxylic acids is 1. The molecule has 6 heteroatoms. The lowest BCUT2D eigenvalue weighted by Gasteiger charge is -2.02. The van der Waals surface area contributed by atoms with Crippen LogP contribution in [0.4, 0.5) is 0 Å². The van der Waals surface area contributed by atoms with Gasteiger partial charge in [0.05, 0.1) is 25.4 Å². The first-order valence-electron chi connectivity index (χ1n) is 6.08. The summed E-state index contributed by atoms with van der Waals surface area (Å²) in [5.74, 6) is -0.487. The van der Waals surface area contributed by atoms with E-state index in [9.17, 15) is 4.79 Å². The number of pyridine rings is 1. The fourth-order valence-electron chi connectivity index (χ4n) is 1.98. The second kappa shape index (κ2) is 5.08. The van der Waals surface area contributed by atoms with Crippen LogP contribution in [0.15, 0.2) is 42.7 Å². The number of hydrogen-bond donors (Lipinski definition) is 0. The molecule has 0 aliphatic carbocycles. The molecule has 0 amide bonds. The van der Waals surface area contributed by atoms with E-state index in [4.69, 9.17) is 0 Å². The van der Waals surface area contributed by atoms with Crippen molar-refractivity contribution in [2.75, 3.05) is 7.11 Å². The number of benzene rings is 1. The first-order valence-corrected chi connectivity index (χ1v) is 6.08. The lowest BCUT2D eigenvalue weighted by Crippen LogP contribution is -2.02. The molecule has 3 aromatic rings. The summed E-state index contributed by atoms with van der Waals surface area (Å²) in [5, 5.41) is 8.75. The first-order chi connectivity index (χ1) is 9.76. The molecular formula is C14H12N4O2. The van der Waals surface area contributed by atoms with Crippen LogP contribution in [0.2, 0.25) is 0 Å². The highest BCUT2D eigenvalue weighted by Gasteiger charge is 2.10. The van der Waals surface area contributed by atoms with Crippen LogP contribution >= 0.6 is 0 Å². The van der Waals surface area contributed by atoms with Gasteiger partial charge in [0.25, 0.3) is 0 Å². The summed E-state index contributed by atoms with van der Waals surface area (Å²) >= 11 is 0. The van der Waals surface area contributed by atoms with Crippen molar-refractivity contribution in [2.24, 2.45) is 0 Å². The van der Waals surface area contributed by atoms with Crippen molar-refractivity contribution in [1.82, 2.24) is 20.0 Å². The molecule has 0 bridgehead atoms. The normalized spacial score (nSPS) is 10.7. The van der Waals surface area contributed by atoms with Crippen LogP contribution < -0.4 is 0 Å². The molecule has 0 saturated carbocycles. The van der Waals surface area contributed by atoms with E-state index in [1.807, 2.05) is 30.3 Å². The molecule has 0 spiro atoms. The molecule has 2 heterocycles. The molecule has 20 heavy (non-hydrogen) atoms. The lowest BCUT2D eigenvalue weighted by atomic mass is 10.1. The van der Waals surface area contributed by atoms with E-state index in [0.717, 1.165) is 16.5 Å². The molecule has 0 unspecified atom stereocenters. The highest BCUT2D eigenvalue weighted by molar-refractivity contribution is 5.86. The monoisotopic (exact) mass is 268 g/mol. The minimum absolute atomic E-state index is 0.204. The molecular weight excluding hydrogens is 256 g/mol. The van der Waals surface area contributed by atoms with Crippen LogP contribution in [0.25, 0.3) is 10.9 Å². The standard InChI is InChI=1S/C14H12N4O2/c1-20-14(19)13-9-18(17-16-13)8-10-4-5-12-11(7-10)3-2-6-15-12/h2-7,9H,8H2,1H3. The Labute approximate surface area is 115 Å². The number of aromatic nitrogens is 4. The molecule has 0 radical (unpaired) electrons. The number of hydrogen-bond acceptors (Lipinski definition) is 5. The lowest BCUT2D eigenvalue weighted by molar-refractivity contribution is 0.0594. The highest BCUT2D eigenvalue weighted by Crippen LogP contribution is 2.14. The molecule has 6 nitrogen and oxygen atoms in total. The van der Waals surface area contributed by atoms with E-state index in [1.54, 1.807) is 17.1 Å². The number of methoxy groups -OCH3 is 1. The molecule has 1 aromatic carbocycles. The third-order valence-corrected chi connectivity index (χ3v) is 2.95. The quantitative estimate of drug-likeness (QED) is 0.676. The van der Waals surface area contributed by atoms with Crippen molar-refractivity contribution >= 4 is 16.9 Å². The van der Waals surface area contributed by atoms with Gasteiger partial charge >= 0.3 is 5.97 Å². The highest BCUT2D eigenvalue weighted by atomic mass is 16.5. The van der Waals surface area contributed by atoms with E-state index < -0.39 is 5.97 Å². The average molecular weight is 268 g/mol. The number of carbonyl (C=O) groups is 1. The van der Waals surface area contributed by atoms with E-state index in [1.165, 1.54) is 7.11 Å². The van der Waals surface area contributed by atoms with Crippen LogP contribution in [0, 0.1) is 0 Å². The smallest absolute Gasteiger partial charge is 0.360 e. The van der Waals surface area contributed by atoms with Crippen molar-refractivity contribution in [3.8, 4) is 0 Å². The van der Waals surface area contributed by atoms with Crippen LogP contribution in [0.1, 0.15) is 16.1 Å². The number of fused-ring (bicyclic) bond motifs is 1. The van der Waals surface area contributed by atoms with Crippen LogP contribution in [-0.4, -0.2) is 33.1 Å². The Hall–Kier alpha value is -2.76. The van der Waals surface area contributed by atoms with Gasteiger partial charge in [0.2, 0.25) is 0 Å². The first kappa shape index (κ1) is 12.3. The van der Waals surface area contributed by atoms with Gasteiger partial charge in [-0.1, -0.05) is 17.3 Å². The van der Waals surface area contributed by atoms with Gasteiger partial charge in [0, 0.05) is 11.6 Å². The van der Waals surface area contributed by atoms with Gasteiger partial charge in [0.1, 0.15) is 0 Å². The van der Waals surface area contributed by atoms with Gasteiger partial charge in [-0.2, -0.15) is 0 Å².